The van der Waals surface area contributed by atoms with Gasteiger partial charge in [-0.3, -0.25) is 4.90 Å². The second kappa shape index (κ2) is 6.68. The molecular formula is C13H23BrN2O2. The van der Waals surface area contributed by atoms with Gasteiger partial charge in [0, 0.05) is 31.6 Å². The Labute approximate surface area is 120 Å². The fourth-order valence-corrected chi connectivity index (χ4v) is 2.75. The molecule has 3 rings (SSSR count). The van der Waals surface area contributed by atoms with Gasteiger partial charge in [-0.15, -0.1) is 0 Å². The maximum absolute atomic E-state index is 11.2. The second-order valence-corrected chi connectivity index (χ2v) is 5.35. The predicted octanol–water partition coefficient (Wildman–Crippen LogP) is -2.35. The van der Waals surface area contributed by atoms with Crippen molar-refractivity contribution in [2.24, 2.45) is 0 Å². The molecule has 0 aromatic heterocycles. The fourth-order valence-electron chi connectivity index (χ4n) is 2.75. The van der Waals surface area contributed by atoms with Gasteiger partial charge in [0.1, 0.15) is 0 Å². The van der Waals surface area contributed by atoms with Gasteiger partial charge in [0.05, 0.1) is 32.8 Å². The maximum atomic E-state index is 11.2. The molecule has 0 aromatic rings. The summed E-state index contributed by atoms with van der Waals surface area (Å²) in [5.74, 6) is -0.256. The Balaban J connectivity index is 0.00000162. The number of esters is 1. The molecule has 2 bridgehead atoms. The lowest BCUT2D eigenvalue weighted by Gasteiger charge is -2.50. The number of fused-ring (bicyclic) bond motifs is 3. The first-order valence-electron chi connectivity index (χ1n) is 6.51. The number of halogens is 1. The van der Waals surface area contributed by atoms with Gasteiger partial charge >= 0.3 is 5.97 Å². The lowest BCUT2D eigenvalue weighted by Crippen LogP contribution is -3.00. The largest absolute Gasteiger partial charge is 1.00 e. The SMILES string of the molecule is C=C(C)C(=O)OCCC[N+]12CCN(CC1)CC2.[Br-]. The van der Waals surface area contributed by atoms with Crippen molar-refractivity contribution in [1.29, 1.82) is 0 Å². The van der Waals surface area contributed by atoms with Crippen molar-refractivity contribution in [3.05, 3.63) is 12.2 Å². The number of nitrogens with zero attached hydrogens (tertiary/aromatic N) is 2. The van der Waals surface area contributed by atoms with Crippen molar-refractivity contribution in [1.82, 2.24) is 4.90 Å². The Bertz CT molecular complexity index is 298. The molecule has 0 aliphatic carbocycles. The van der Waals surface area contributed by atoms with Gasteiger partial charge in [-0.25, -0.2) is 4.79 Å². The number of quaternary nitrogens is 1. The van der Waals surface area contributed by atoms with Gasteiger partial charge in [-0.05, 0) is 6.92 Å². The monoisotopic (exact) mass is 318 g/mol. The standard InChI is InChI=1S/C13H23N2O2.BrH/c1-12(2)13(16)17-11-3-7-15-8-4-14(5-9-15)6-10-15;/h1,3-11H2,2H3;1H/q+1;/p-1. The van der Waals surface area contributed by atoms with E-state index in [0.29, 0.717) is 12.2 Å². The summed E-state index contributed by atoms with van der Waals surface area (Å²) in [6, 6.07) is 0. The quantitative estimate of drug-likeness (QED) is 0.246. The van der Waals surface area contributed by atoms with Gasteiger partial charge < -0.3 is 26.2 Å². The Morgan fingerprint density at radius 1 is 1.28 bits per heavy atom. The molecule has 0 N–H and O–H groups in total. The molecule has 4 nitrogen and oxygen atoms in total. The minimum atomic E-state index is -0.256. The summed E-state index contributed by atoms with van der Waals surface area (Å²) >= 11 is 0. The van der Waals surface area contributed by atoms with Crippen LogP contribution < -0.4 is 17.0 Å². The maximum Gasteiger partial charge on any atom is 0.333 e. The highest BCUT2D eigenvalue weighted by Crippen LogP contribution is 2.19. The van der Waals surface area contributed by atoms with Crippen LogP contribution in [0.1, 0.15) is 13.3 Å². The first-order valence-corrected chi connectivity index (χ1v) is 6.51. The summed E-state index contributed by atoms with van der Waals surface area (Å²) < 4.78 is 6.38. The summed E-state index contributed by atoms with van der Waals surface area (Å²) in [6.45, 7) is 14.5. The van der Waals surface area contributed by atoms with Crippen molar-refractivity contribution in [2.45, 2.75) is 13.3 Å². The van der Waals surface area contributed by atoms with E-state index in [0.717, 1.165) is 13.0 Å². The van der Waals surface area contributed by atoms with Crippen LogP contribution in [-0.4, -0.2) is 67.8 Å². The first-order chi connectivity index (χ1) is 8.11. The molecule has 18 heavy (non-hydrogen) atoms. The van der Waals surface area contributed by atoms with E-state index in [-0.39, 0.29) is 23.0 Å². The van der Waals surface area contributed by atoms with Crippen LogP contribution in [0, 0.1) is 0 Å². The Kier molecular flexibility index (Phi) is 5.82. The highest BCUT2D eigenvalue weighted by Gasteiger charge is 2.37. The molecule has 0 saturated carbocycles. The lowest BCUT2D eigenvalue weighted by molar-refractivity contribution is -0.941. The summed E-state index contributed by atoms with van der Waals surface area (Å²) in [5, 5.41) is 0. The van der Waals surface area contributed by atoms with Crippen LogP contribution in [0.2, 0.25) is 0 Å². The minimum absolute atomic E-state index is 0. The minimum Gasteiger partial charge on any atom is -1.00 e. The molecule has 3 aliphatic heterocycles. The smallest absolute Gasteiger partial charge is 0.333 e. The number of carbonyl (C=O) groups excluding carboxylic acids is 1. The van der Waals surface area contributed by atoms with Crippen LogP contribution in [0.4, 0.5) is 0 Å². The number of hydrogen-bond acceptors (Lipinski definition) is 3. The third-order valence-corrected chi connectivity index (χ3v) is 4.03. The lowest BCUT2D eigenvalue weighted by atomic mass is 10.1. The van der Waals surface area contributed by atoms with Crippen LogP contribution in [0.25, 0.3) is 0 Å². The molecule has 0 radical (unpaired) electrons. The van der Waals surface area contributed by atoms with E-state index >= 15 is 0 Å². The molecule has 0 aromatic carbocycles. The van der Waals surface area contributed by atoms with Crippen molar-refractivity contribution < 1.29 is 31.0 Å². The number of carbonyl (C=O) groups is 1. The number of ether oxygens (including phenoxy) is 1. The third kappa shape index (κ3) is 3.80. The van der Waals surface area contributed by atoms with Gasteiger partial charge in [0.2, 0.25) is 0 Å². The zero-order chi connectivity index (χ0) is 12.3. The van der Waals surface area contributed by atoms with Crippen LogP contribution in [0.5, 0.6) is 0 Å². The molecule has 0 atom stereocenters. The first kappa shape index (κ1) is 15.7. The molecule has 104 valence electrons. The number of hydrogen-bond donors (Lipinski definition) is 0. The van der Waals surface area contributed by atoms with Crippen molar-refractivity contribution in [3.63, 3.8) is 0 Å². The summed E-state index contributed by atoms with van der Waals surface area (Å²) in [7, 11) is 0. The highest BCUT2D eigenvalue weighted by atomic mass is 79.9. The molecule has 3 heterocycles. The van der Waals surface area contributed by atoms with Crippen LogP contribution in [0.3, 0.4) is 0 Å². The van der Waals surface area contributed by atoms with Crippen molar-refractivity contribution in [2.75, 3.05) is 52.4 Å². The zero-order valence-corrected chi connectivity index (χ0v) is 12.7. The van der Waals surface area contributed by atoms with Gasteiger partial charge in [0.15, 0.2) is 0 Å². The predicted molar refractivity (Wildman–Crippen MR) is 66.6 cm³/mol. The van der Waals surface area contributed by atoms with E-state index < -0.39 is 0 Å². The van der Waals surface area contributed by atoms with E-state index in [2.05, 4.69) is 11.5 Å². The van der Waals surface area contributed by atoms with E-state index in [9.17, 15) is 4.79 Å². The zero-order valence-electron chi connectivity index (χ0n) is 11.2. The summed E-state index contributed by atoms with van der Waals surface area (Å²) in [5.41, 5.74) is 0.489. The molecule has 3 aliphatic rings. The van der Waals surface area contributed by atoms with Gasteiger partial charge in [0.25, 0.3) is 0 Å². The Morgan fingerprint density at radius 2 is 1.83 bits per heavy atom. The second-order valence-electron chi connectivity index (χ2n) is 5.35. The summed E-state index contributed by atoms with van der Waals surface area (Å²) in [6.07, 6.45) is 0.971. The number of rotatable bonds is 5. The van der Waals surface area contributed by atoms with Crippen molar-refractivity contribution in [3.8, 4) is 0 Å². The molecule has 0 spiro atoms. The molecule has 3 fully saturated rings. The molecule has 5 heteroatoms. The number of piperazine rings is 3. The highest BCUT2D eigenvalue weighted by molar-refractivity contribution is 5.86. The van der Waals surface area contributed by atoms with Crippen LogP contribution >= 0.6 is 0 Å². The fraction of sp³-hybridized carbons (Fsp3) is 0.769. The molecule has 0 amide bonds. The van der Waals surface area contributed by atoms with E-state index in [4.69, 9.17) is 4.74 Å². The van der Waals surface area contributed by atoms with Gasteiger partial charge in [-0.2, -0.15) is 0 Å². The average molecular weight is 319 g/mol. The van der Waals surface area contributed by atoms with Crippen molar-refractivity contribution >= 4 is 5.97 Å². The van der Waals surface area contributed by atoms with E-state index in [1.807, 2.05) is 0 Å². The van der Waals surface area contributed by atoms with Crippen LogP contribution in [0.15, 0.2) is 12.2 Å². The Morgan fingerprint density at radius 3 is 2.33 bits per heavy atom. The topological polar surface area (TPSA) is 29.5 Å². The molecule has 3 saturated heterocycles. The molecule has 0 unspecified atom stereocenters. The normalized spacial score (nSPS) is 29.5. The average Bonchev–Trinajstić information content (AvgIpc) is 2.36. The molecular weight excluding hydrogens is 296 g/mol. The van der Waals surface area contributed by atoms with E-state index in [1.165, 1.54) is 43.8 Å². The van der Waals surface area contributed by atoms with Gasteiger partial charge in [-0.1, -0.05) is 6.58 Å². The Hall–Kier alpha value is -0.390. The van der Waals surface area contributed by atoms with Crippen LogP contribution in [-0.2, 0) is 9.53 Å². The summed E-state index contributed by atoms with van der Waals surface area (Å²) in [4.78, 5) is 13.8. The van der Waals surface area contributed by atoms with E-state index in [1.54, 1.807) is 6.92 Å². The third-order valence-electron chi connectivity index (χ3n) is 4.03.